The Labute approximate surface area is 89.9 Å². The van der Waals surface area contributed by atoms with Crippen LogP contribution in [0.2, 0.25) is 0 Å². The van der Waals surface area contributed by atoms with E-state index in [1.165, 1.54) is 5.56 Å². The van der Waals surface area contributed by atoms with Gasteiger partial charge in [0.25, 0.3) is 0 Å². The average Bonchev–Trinajstić information content (AvgIpc) is 2.08. The maximum absolute atomic E-state index is 3.74. The number of halogens is 2. The van der Waals surface area contributed by atoms with Crippen LogP contribution in [-0.2, 0) is 6.42 Å². The smallest absolute Gasteiger partial charge is 0.0251 e. The largest absolute Gasteiger partial charge is 0.0984 e. The highest BCUT2D eigenvalue weighted by molar-refractivity contribution is 9.11. The van der Waals surface area contributed by atoms with E-state index < -0.39 is 0 Å². The second-order valence-corrected chi connectivity index (χ2v) is 4.23. The molecule has 0 atom stereocenters. The van der Waals surface area contributed by atoms with Crippen molar-refractivity contribution in [2.45, 2.75) is 13.3 Å². The Morgan fingerprint density at radius 1 is 1.33 bits per heavy atom. The zero-order chi connectivity index (χ0) is 9.14. The minimum atomic E-state index is 1.04. The van der Waals surface area contributed by atoms with Gasteiger partial charge in [-0.3, -0.25) is 0 Å². The normalized spacial score (nSPS) is 9.92. The Balaban J connectivity index is 3.25. The lowest BCUT2D eigenvalue weighted by atomic mass is 10.1. The van der Waals surface area contributed by atoms with Crippen LogP contribution < -0.4 is 0 Å². The molecule has 0 fully saturated rings. The van der Waals surface area contributed by atoms with Crippen molar-refractivity contribution in [3.8, 4) is 0 Å². The molecule has 0 radical (unpaired) electrons. The number of aryl methyl sites for hydroxylation is 1. The number of hydrogen-bond donors (Lipinski definition) is 0. The molecule has 1 aromatic carbocycles. The Hall–Kier alpha value is -0.0800. The van der Waals surface area contributed by atoms with Gasteiger partial charge in [-0.25, -0.2) is 0 Å². The summed E-state index contributed by atoms with van der Waals surface area (Å²) in [6.07, 6.45) is 2.88. The van der Waals surface area contributed by atoms with Gasteiger partial charge in [0.15, 0.2) is 0 Å². The number of benzene rings is 1. The van der Waals surface area contributed by atoms with E-state index in [0.717, 1.165) is 20.9 Å². The summed E-state index contributed by atoms with van der Waals surface area (Å²) in [6, 6.07) is 4.21. The fourth-order valence-corrected chi connectivity index (χ4v) is 2.22. The van der Waals surface area contributed by atoms with Crippen LogP contribution in [0.25, 0.3) is 6.08 Å². The van der Waals surface area contributed by atoms with Gasteiger partial charge in [0.1, 0.15) is 0 Å². The van der Waals surface area contributed by atoms with Crippen molar-refractivity contribution in [2.75, 3.05) is 0 Å². The zero-order valence-electron chi connectivity index (χ0n) is 6.90. The van der Waals surface area contributed by atoms with Crippen LogP contribution in [0, 0.1) is 0 Å². The Kier molecular flexibility index (Phi) is 3.53. The fourth-order valence-electron chi connectivity index (χ4n) is 1.03. The summed E-state index contributed by atoms with van der Waals surface area (Å²) in [4.78, 5) is 0. The van der Waals surface area contributed by atoms with Crippen LogP contribution in [-0.4, -0.2) is 0 Å². The zero-order valence-corrected chi connectivity index (χ0v) is 10.1. The van der Waals surface area contributed by atoms with Gasteiger partial charge in [0.2, 0.25) is 0 Å². The molecule has 2 heteroatoms. The average molecular weight is 290 g/mol. The Morgan fingerprint density at radius 2 is 2.00 bits per heavy atom. The van der Waals surface area contributed by atoms with E-state index in [1.807, 2.05) is 6.08 Å². The van der Waals surface area contributed by atoms with E-state index in [2.05, 4.69) is 57.5 Å². The first-order chi connectivity index (χ1) is 5.69. The first kappa shape index (κ1) is 10.0. The minimum Gasteiger partial charge on any atom is -0.0984 e. The van der Waals surface area contributed by atoms with Crippen LogP contribution in [0.4, 0.5) is 0 Å². The highest BCUT2D eigenvalue weighted by Gasteiger charge is 2.02. The first-order valence-electron chi connectivity index (χ1n) is 3.79. The monoisotopic (exact) mass is 288 g/mol. The molecule has 0 aliphatic rings. The second kappa shape index (κ2) is 4.24. The van der Waals surface area contributed by atoms with E-state index in [1.54, 1.807) is 0 Å². The highest BCUT2D eigenvalue weighted by Crippen LogP contribution is 2.26. The summed E-state index contributed by atoms with van der Waals surface area (Å²) in [7, 11) is 0. The van der Waals surface area contributed by atoms with Crippen LogP contribution >= 0.6 is 31.9 Å². The quantitative estimate of drug-likeness (QED) is 0.756. The van der Waals surface area contributed by atoms with E-state index in [-0.39, 0.29) is 0 Å². The molecular formula is C10H10Br2. The second-order valence-electron chi connectivity index (χ2n) is 2.52. The standard InChI is InChI=1S/C10H10Br2/c1-3-7-5-10(12)8(4-2)6-9(7)11/h3,5-6H,1,4H2,2H3. The lowest BCUT2D eigenvalue weighted by Gasteiger charge is -2.04. The molecule has 0 aliphatic carbocycles. The minimum absolute atomic E-state index is 1.04. The number of rotatable bonds is 2. The predicted molar refractivity (Wildman–Crippen MR) is 61.3 cm³/mol. The van der Waals surface area contributed by atoms with Crippen molar-refractivity contribution >= 4 is 37.9 Å². The van der Waals surface area contributed by atoms with Crippen molar-refractivity contribution in [3.05, 3.63) is 38.8 Å². The van der Waals surface area contributed by atoms with E-state index >= 15 is 0 Å². The van der Waals surface area contributed by atoms with Gasteiger partial charge in [-0.1, -0.05) is 51.4 Å². The highest BCUT2D eigenvalue weighted by atomic mass is 79.9. The lowest BCUT2D eigenvalue weighted by molar-refractivity contribution is 1.12. The fraction of sp³-hybridized carbons (Fsp3) is 0.200. The molecule has 0 heterocycles. The molecule has 0 nitrogen and oxygen atoms in total. The van der Waals surface area contributed by atoms with Crippen LogP contribution in [0.5, 0.6) is 0 Å². The molecule has 12 heavy (non-hydrogen) atoms. The molecule has 64 valence electrons. The molecule has 0 aromatic heterocycles. The Bertz CT molecular complexity index is 303. The van der Waals surface area contributed by atoms with E-state index in [9.17, 15) is 0 Å². The van der Waals surface area contributed by atoms with Gasteiger partial charge in [-0.05, 0) is 29.7 Å². The molecule has 0 amide bonds. The molecule has 0 bridgehead atoms. The van der Waals surface area contributed by atoms with Crippen LogP contribution in [0.1, 0.15) is 18.1 Å². The van der Waals surface area contributed by atoms with E-state index in [0.29, 0.717) is 0 Å². The summed E-state index contributed by atoms with van der Waals surface area (Å²) in [5, 5.41) is 0. The van der Waals surface area contributed by atoms with Crippen molar-refractivity contribution < 1.29 is 0 Å². The third-order valence-electron chi connectivity index (χ3n) is 1.77. The number of hydrogen-bond acceptors (Lipinski definition) is 0. The van der Waals surface area contributed by atoms with Crippen molar-refractivity contribution in [3.63, 3.8) is 0 Å². The van der Waals surface area contributed by atoms with Crippen LogP contribution in [0.15, 0.2) is 27.7 Å². The predicted octanol–water partition coefficient (Wildman–Crippen LogP) is 4.42. The summed E-state index contributed by atoms with van der Waals surface area (Å²) < 4.78 is 2.26. The molecule has 0 saturated carbocycles. The van der Waals surface area contributed by atoms with Gasteiger partial charge >= 0.3 is 0 Å². The molecule has 0 aliphatic heterocycles. The summed E-state index contributed by atoms with van der Waals surface area (Å²) in [5.41, 5.74) is 2.44. The van der Waals surface area contributed by atoms with Crippen LogP contribution in [0.3, 0.4) is 0 Å². The SMILES string of the molecule is C=Cc1cc(Br)c(CC)cc1Br. The van der Waals surface area contributed by atoms with Gasteiger partial charge in [0.05, 0.1) is 0 Å². The Morgan fingerprint density at radius 3 is 2.50 bits per heavy atom. The summed E-state index contributed by atoms with van der Waals surface area (Å²) in [5.74, 6) is 0. The third-order valence-corrected chi connectivity index (χ3v) is 3.19. The molecule has 1 aromatic rings. The topological polar surface area (TPSA) is 0 Å². The summed E-state index contributed by atoms with van der Waals surface area (Å²) in [6.45, 7) is 5.88. The molecule has 0 N–H and O–H groups in total. The maximum atomic E-state index is 3.74. The first-order valence-corrected chi connectivity index (χ1v) is 5.38. The lowest BCUT2D eigenvalue weighted by Crippen LogP contribution is -1.85. The molecule has 0 unspecified atom stereocenters. The van der Waals surface area contributed by atoms with Gasteiger partial charge in [-0.15, -0.1) is 0 Å². The van der Waals surface area contributed by atoms with Crippen molar-refractivity contribution in [1.29, 1.82) is 0 Å². The molecular weight excluding hydrogens is 280 g/mol. The van der Waals surface area contributed by atoms with Gasteiger partial charge in [0, 0.05) is 8.95 Å². The molecule has 0 spiro atoms. The van der Waals surface area contributed by atoms with Crippen molar-refractivity contribution in [2.24, 2.45) is 0 Å². The maximum Gasteiger partial charge on any atom is 0.0251 e. The summed E-state index contributed by atoms with van der Waals surface area (Å²) >= 11 is 7.00. The van der Waals surface area contributed by atoms with Crippen molar-refractivity contribution in [1.82, 2.24) is 0 Å². The van der Waals surface area contributed by atoms with E-state index in [4.69, 9.17) is 0 Å². The molecule has 0 saturated heterocycles. The van der Waals surface area contributed by atoms with Gasteiger partial charge < -0.3 is 0 Å². The third kappa shape index (κ3) is 1.99. The van der Waals surface area contributed by atoms with Gasteiger partial charge in [-0.2, -0.15) is 0 Å². The molecule has 1 rings (SSSR count).